The molecule has 0 fully saturated rings. The number of anilines is 1. The summed E-state index contributed by atoms with van der Waals surface area (Å²) in [6.07, 6.45) is 0. The number of hydrogen-bond donors (Lipinski definition) is 2. The van der Waals surface area contributed by atoms with E-state index in [1.54, 1.807) is 30.5 Å². The number of benzene rings is 1. The summed E-state index contributed by atoms with van der Waals surface area (Å²) >= 11 is 7.38. The Morgan fingerprint density at radius 2 is 1.92 bits per heavy atom. The van der Waals surface area contributed by atoms with Crippen molar-refractivity contribution in [1.29, 1.82) is 0 Å². The first-order valence-electron chi connectivity index (χ1n) is 7.03. The Hall–Kier alpha value is -2.25. The number of methoxy groups -OCH3 is 2. The molecule has 0 bridgehead atoms. The van der Waals surface area contributed by atoms with E-state index in [2.05, 4.69) is 10.6 Å². The molecule has 0 unspecified atom stereocenters. The fourth-order valence-electron chi connectivity index (χ4n) is 1.94. The highest BCUT2D eigenvalue weighted by atomic mass is 35.5. The Balaban J connectivity index is 2.08. The van der Waals surface area contributed by atoms with Crippen LogP contribution in [0.15, 0.2) is 29.6 Å². The Labute approximate surface area is 148 Å². The monoisotopic (exact) mass is 368 g/mol. The number of thiophene rings is 1. The molecular weight excluding hydrogens is 352 g/mol. The Kier molecular flexibility index (Phi) is 6.05. The quantitative estimate of drug-likeness (QED) is 0.821. The zero-order valence-electron chi connectivity index (χ0n) is 13.4. The summed E-state index contributed by atoms with van der Waals surface area (Å²) < 4.78 is 10.3. The van der Waals surface area contributed by atoms with Crippen molar-refractivity contribution < 1.29 is 19.1 Å². The Morgan fingerprint density at radius 1 is 1.21 bits per heavy atom. The normalized spacial score (nSPS) is 11.5. The lowest BCUT2D eigenvalue weighted by Gasteiger charge is -2.16. The predicted octanol–water partition coefficient (Wildman–Crippen LogP) is 3.18. The third-order valence-electron chi connectivity index (χ3n) is 3.22. The Bertz CT molecular complexity index is 734. The highest BCUT2D eigenvalue weighted by molar-refractivity contribution is 7.12. The van der Waals surface area contributed by atoms with Gasteiger partial charge in [-0.3, -0.25) is 9.59 Å². The van der Waals surface area contributed by atoms with Crippen LogP contribution in [0.25, 0.3) is 0 Å². The van der Waals surface area contributed by atoms with Gasteiger partial charge in [0.2, 0.25) is 5.91 Å². The Morgan fingerprint density at radius 3 is 2.50 bits per heavy atom. The first-order valence-corrected chi connectivity index (χ1v) is 8.28. The molecule has 2 rings (SSSR count). The van der Waals surface area contributed by atoms with Gasteiger partial charge in [-0.15, -0.1) is 11.3 Å². The minimum Gasteiger partial charge on any atom is -0.495 e. The van der Waals surface area contributed by atoms with Crippen LogP contribution in [0.1, 0.15) is 16.6 Å². The van der Waals surface area contributed by atoms with E-state index in [9.17, 15) is 9.59 Å². The maximum absolute atomic E-state index is 12.3. The lowest BCUT2D eigenvalue weighted by molar-refractivity contribution is -0.117. The van der Waals surface area contributed by atoms with Gasteiger partial charge in [-0.1, -0.05) is 17.7 Å². The number of nitrogens with one attached hydrogen (secondary N) is 2. The average Bonchev–Trinajstić information content (AvgIpc) is 3.09. The fraction of sp³-hybridized carbons (Fsp3) is 0.250. The summed E-state index contributed by atoms with van der Waals surface area (Å²) in [7, 11) is 2.96. The molecule has 2 aromatic rings. The molecule has 0 saturated heterocycles. The molecule has 0 aliphatic rings. The predicted molar refractivity (Wildman–Crippen MR) is 94.4 cm³/mol. The van der Waals surface area contributed by atoms with E-state index < -0.39 is 6.04 Å². The summed E-state index contributed by atoms with van der Waals surface area (Å²) in [5.74, 6) is 0.152. The van der Waals surface area contributed by atoms with E-state index in [4.69, 9.17) is 21.1 Å². The van der Waals surface area contributed by atoms with Gasteiger partial charge in [0.15, 0.2) is 0 Å². The molecule has 2 N–H and O–H groups in total. The van der Waals surface area contributed by atoms with Gasteiger partial charge in [0.1, 0.15) is 17.5 Å². The van der Waals surface area contributed by atoms with Crippen LogP contribution in [0.3, 0.4) is 0 Å². The van der Waals surface area contributed by atoms with E-state index in [1.165, 1.54) is 31.6 Å². The molecule has 0 saturated carbocycles. The van der Waals surface area contributed by atoms with Crippen molar-refractivity contribution in [3.05, 3.63) is 39.5 Å². The van der Waals surface area contributed by atoms with Gasteiger partial charge in [0.05, 0.1) is 29.8 Å². The second kappa shape index (κ2) is 8.03. The summed E-state index contributed by atoms with van der Waals surface area (Å²) in [5, 5.41) is 7.46. The van der Waals surface area contributed by atoms with Crippen molar-refractivity contribution in [3.63, 3.8) is 0 Å². The fourth-order valence-corrected chi connectivity index (χ4v) is 2.81. The molecule has 0 aliphatic carbocycles. The van der Waals surface area contributed by atoms with Crippen molar-refractivity contribution in [2.45, 2.75) is 13.0 Å². The molecule has 6 nitrogen and oxygen atoms in total. The largest absolute Gasteiger partial charge is 0.495 e. The van der Waals surface area contributed by atoms with Crippen LogP contribution < -0.4 is 20.1 Å². The average molecular weight is 369 g/mol. The van der Waals surface area contributed by atoms with Crippen LogP contribution in [0, 0.1) is 0 Å². The smallest absolute Gasteiger partial charge is 0.261 e. The lowest BCUT2D eigenvalue weighted by Crippen LogP contribution is -2.41. The second-order valence-corrected chi connectivity index (χ2v) is 6.20. The molecule has 8 heteroatoms. The summed E-state index contributed by atoms with van der Waals surface area (Å²) in [5.41, 5.74) is 0.394. The van der Waals surface area contributed by atoms with E-state index in [-0.39, 0.29) is 11.8 Å². The minimum absolute atomic E-state index is 0.299. The second-order valence-electron chi connectivity index (χ2n) is 4.85. The standard InChI is InChI=1S/C16H17ClN2O4S/c1-9(18-16(21)14-5-4-6-24-14)15(20)19-11-7-10(17)12(22-2)8-13(11)23-3/h4-9H,1-3H3,(H,18,21)(H,19,20)/t9-/m0/s1. The summed E-state index contributed by atoms with van der Waals surface area (Å²) in [4.78, 5) is 24.8. The number of carbonyl (C=O) groups is 2. The van der Waals surface area contributed by atoms with Crippen LogP contribution in [0.4, 0.5) is 5.69 Å². The molecule has 1 aromatic heterocycles. The molecule has 1 atom stereocenters. The molecule has 2 amide bonds. The van der Waals surface area contributed by atoms with Gasteiger partial charge in [-0.2, -0.15) is 0 Å². The first-order chi connectivity index (χ1) is 11.5. The van der Waals surface area contributed by atoms with Crippen molar-refractivity contribution in [2.75, 3.05) is 19.5 Å². The number of carbonyl (C=O) groups excluding carboxylic acids is 2. The minimum atomic E-state index is -0.731. The van der Waals surface area contributed by atoms with Crippen LogP contribution >= 0.6 is 22.9 Å². The van der Waals surface area contributed by atoms with Crippen molar-refractivity contribution in [3.8, 4) is 11.5 Å². The maximum atomic E-state index is 12.3. The number of rotatable bonds is 6. The van der Waals surface area contributed by atoms with Gasteiger partial charge in [-0.25, -0.2) is 0 Å². The lowest BCUT2D eigenvalue weighted by atomic mass is 10.2. The van der Waals surface area contributed by atoms with Crippen LogP contribution in [0.5, 0.6) is 11.5 Å². The molecule has 128 valence electrons. The molecule has 1 heterocycles. The molecule has 0 spiro atoms. The van der Waals surface area contributed by atoms with Gasteiger partial charge in [-0.05, 0) is 24.4 Å². The maximum Gasteiger partial charge on any atom is 0.261 e. The third kappa shape index (κ3) is 4.18. The number of amides is 2. The van der Waals surface area contributed by atoms with E-state index in [0.29, 0.717) is 27.1 Å². The number of ether oxygens (including phenoxy) is 2. The van der Waals surface area contributed by atoms with Gasteiger partial charge < -0.3 is 20.1 Å². The SMILES string of the molecule is COc1cc(OC)c(NC(=O)[C@H](C)NC(=O)c2cccs2)cc1Cl. The van der Waals surface area contributed by atoms with Crippen LogP contribution in [-0.4, -0.2) is 32.1 Å². The van der Waals surface area contributed by atoms with Gasteiger partial charge >= 0.3 is 0 Å². The van der Waals surface area contributed by atoms with Crippen LogP contribution in [-0.2, 0) is 4.79 Å². The molecule has 0 radical (unpaired) electrons. The summed E-state index contributed by atoms with van der Waals surface area (Å²) in [6.45, 7) is 1.60. The van der Waals surface area contributed by atoms with E-state index >= 15 is 0 Å². The summed E-state index contributed by atoms with van der Waals surface area (Å²) in [6, 6.07) is 5.84. The highest BCUT2D eigenvalue weighted by Crippen LogP contribution is 2.35. The highest BCUT2D eigenvalue weighted by Gasteiger charge is 2.19. The van der Waals surface area contributed by atoms with Gasteiger partial charge in [0.25, 0.3) is 5.91 Å². The van der Waals surface area contributed by atoms with Crippen LogP contribution in [0.2, 0.25) is 5.02 Å². The van der Waals surface area contributed by atoms with Crippen molar-refractivity contribution >= 4 is 40.4 Å². The molecular formula is C16H17ClN2O4S. The molecule has 1 aromatic carbocycles. The molecule has 24 heavy (non-hydrogen) atoms. The molecule has 0 aliphatic heterocycles. The zero-order chi connectivity index (χ0) is 17.7. The zero-order valence-corrected chi connectivity index (χ0v) is 15.0. The van der Waals surface area contributed by atoms with Gasteiger partial charge in [0, 0.05) is 6.07 Å². The van der Waals surface area contributed by atoms with Crippen molar-refractivity contribution in [2.24, 2.45) is 0 Å². The number of halogens is 1. The van der Waals surface area contributed by atoms with E-state index in [0.717, 1.165) is 0 Å². The van der Waals surface area contributed by atoms with Crippen molar-refractivity contribution in [1.82, 2.24) is 5.32 Å². The van der Waals surface area contributed by atoms with E-state index in [1.807, 2.05) is 0 Å². The topological polar surface area (TPSA) is 76.7 Å². The third-order valence-corrected chi connectivity index (χ3v) is 4.38. The first kappa shape index (κ1) is 18.1. The number of hydrogen-bond acceptors (Lipinski definition) is 5.